The zero-order valence-electron chi connectivity index (χ0n) is 10.7. The quantitative estimate of drug-likeness (QED) is 0.909. The first-order valence-corrected chi connectivity index (χ1v) is 6.36. The molecule has 2 N–H and O–H groups in total. The van der Waals surface area contributed by atoms with Crippen LogP contribution in [-0.4, -0.2) is 22.1 Å². The van der Waals surface area contributed by atoms with Crippen molar-refractivity contribution in [2.24, 2.45) is 0 Å². The summed E-state index contributed by atoms with van der Waals surface area (Å²) in [7, 11) is 0. The van der Waals surface area contributed by atoms with Gasteiger partial charge in [0, 0.05) is 11.4 Å². The zero-order valence-corrected chi connectivity index (χ0v) is 10.7. The lowest BCUT2D eigenvalue weighted by molar-refractivity contribution is -0.137. The number of carbonyl (C=O) groups is 1. The number of aromatic carboxylic acids is 1. The summed E-state index contributed by atoms with van der Waals surface area (Å²) in [6.45, 7) is 0. The third-order valence-electron chi connectivity index (χ3n) is 3.29. The Morgan fingerprint density at radius 3 is 2.57 bits per heavy atom. The van der Waals surface area contributed by atoms with Gasteiger partial charge in [-0.05, 0) is 31.0 Å². The maximum atomic E-state index is 12.7. The number of hydrogen-bond acceptors (Lipinski definition) is 3. The van der Waals surface area contributed by atoms with Crippen molar-refractivity contribution in [3.63, 3.8) is 0 Å². The first kappa shape index (κ1) is 13.7. The molecule has 1 aromatic heterocycles. The minimum absolute atomic E-state index is 0.0332. The van der Waals surface area contributed by atoms with E-state index >= 15 is 0 Å². The molecule has 1 aliphatic rings. The average Bonchev–Trinajstić information content (AvgIpc) is 3.20. The van der Waals surface area contributed by atoms with Crippen LogP contribution in [0.3, 0.4) is 0 Å². The molecule has 1 heterocycles. The fourth-order valence-corrected chi connectivity index (χ4v) is 2.04. The monoisotopic (exact) mass is 296 g/mol. The van der Waals surface area contributed by atoms with Gasteiger partial charge >= 0.3 is 12.1 Å². The van der Waals surface area contributed by atoms with E-state index in [2.05, 4.69) is 10.3 Å². The van der Waals surface area contributed by atoms with E-state index in [9.17, 15) is 23.1 Å². The molecule has 0 radical (unpaired) electrons. The predicted octanol–water partition coefficient (Wildman–Crippen LogP) is 3.53. The maximum absolute atomic E-state index is 12.7. The van der Waals surface area contributed by atoms with Crippen molar-refractivity contribution in [2.75, 3.05) is 5.32 Å². The number of fused-ring (bicyclic) bond motifs is 1. The molecule has 0 saturated heterocycles. The van der Waals surface area contributed by atoms with E-state index in [1.54, 1.807) is 0 Å². The molecule has 0 amide bonds. The van der Waals surface area contributed by atoms with E-state index in [0.29, 0.717) is 5.39 Å². The molecule has 0 unspecified atom stereocenters. The molecule has 0 aliphatic heterocycles. The molecule has 1 fully saturated rings. The summed E-state index contributed by atoms with van der Waals surface area (Å²) in [5.41, 5.74) is -0.713. The smallest absolute Gasteiger partial charge is 0.416 e. The van der Waals surface area contributed by atoms with Gasteiger partial charge in [-0.1, -0.05) is 6.07 Å². The van der Waals surface area contributed by atoms with E-state index in [4.69, 9.17) is 0 Å². The molecule has 3 rings (SSSR count). The SMILES string of the molecule is O=C(O)c1cc2ccc(C(F)(F)F)cc2nc1NC1CC1. The van der Waals surface area contributed by atoms with Crippen LogP contribution < -0.4 is 5.32 Å². The molecular weight excluding hydrogens is 285 g/mol. The van der Waals surface area contributed by atoms with Crippen LogP contribution in [0.5, 0.6) is 0 Å². The number of hydrogen-bond donors (Lipinski definition) is 2. The average molecular weight is 296 g/mol. The summed E-state index contributed by atoms with van der Waals surface area (Å²) in [5, 5.41) is 12.5. The number of nitrogens with one attached hydrogen (secondary N) is 1. The number of halogens is 3. The summed E-state index contributed by atoms with van der Waals surface area (Å²) in [6.07, 6.45) is -2.64. The van der Waals surface area contributed by atoms with E-state index in [1.807, 2.05) is 0 Å². The van der Waals surface area contributed by atoms with Gasteiger partial charge in [0.1, 0.15) is 11.4 Å². The van der Waals surface area contributed by atoms with Crippen LogP contribution in [0.4, 0.5) is 19.0 Å². The van der Waals surface area contributed by atoms with Gasteiger partial charge in [0.05, 0.1) is 11.1 Å². The Labute approximate surface area is 117 Å². The Bertz CT molecular complexity index is 724. The van der Waals surface area contributed by atoms with Crippen molar-refractivity contribution >= 4 is 22.7 Å². The maximum Gasteiger partial charge on any atom is 0.416 e. The number of carboxylic acids is 1. The van der Waals surface area contributed by atoms with Crippen LogP contribution in [0, 0.1) is 0 Å². The highest BCUT2D eigenvalue weighted by Crippen LogP contribution is 2.33. The van der Waals surface area contributed by atoms with Crippen LogP contribution in [0.1, 0.15) is 28.8 Å². The Morgan fingerprint density at radius 1 is 1.29 bits per heavy atom. The number of nitrogens with zero attached hydrogens (tertiary/aromatic N) is 1. The van der Waals surface area contributed by atoms with Crippen molar-refractivity contribution < 1.29 is 23.1 Å². The summed E-state index contributed by atoms with van der Waals surface area (Å²) in [5.74, 6) is -1.04. The first-order valence-electron chi connectivity index (χ1n) is 6.36. The largest absolute Gasteiger partial charge is 0.478 e. The number of anilines is 1. The molecule has 110 valence electrons. The third-order valence-corrected chi connectivity index (χ3v) is 3.29. The first-order chi connectivity index (χ1) is 9.84. The number of rotatable bonds is 3. The van der Waals surface area contributed by atoms with Crippen molar-refractivity contribution in [2.45, 2.75) is 25.1 Å². The summed E-state index contributed by atoms with van der Waals surface area (Å²) < 4.78 is 38.1. The number of aromatic nitrogens is 1. The topological polar surface area (TPSA) is 62.2 Å². The van der Waals surface area contributed by atoms with Gasteiger partial charge < -0.3 is 10.4 Å². The zero-order chi connectivity index (χ0) is 15.2. The summed E-state index contributed by atoms with van der Waals surface area (Å²) in [4.78, 5) is 15.3. The number of benzene rings is 1. The predicted molar refractivity (Wildman–Crippen MR) is 70.3 cm³/mol. The minimum Gasteiger partial charge on any atom is -0.478 e. The molecule has 0 atom stereocenters. The fraction of sp³-hybridized carbons (Fsp3) is 0.286. The summed E-state index contributed by atoms with van der Waals surface area (Å²) in [6, 6.07) is 4.58. The van der Waals surface area contributed by atoms with Gasteiger partial charge in [0.25, 0.3) is 0 Å². The second-order valence-electron chi connectivity index (χ2n) is 5.01. The second kappa shape index (κ2) is 4.61. The van der Waals surface area contributed by atoms with Gasteiger partial charge in [0.2, 0.25) is 0 Å². The Kier molecular flexibility index (Phi) is 3.00. The van der Waals surface area contributed by atoms with Crippen molar-refractivity contribution in [1.82, 2.24) is 4.98 Å². The minimum atomic E-state index is -4.45. The highest BCUT2D eigenvalue weighted by atomic mass is 19.4. The normalized spacial score (nSPS) is 15.2. The van der Waals surface area contributed by atoms with Crippen LogP contribution in [0.25, 0.3) is 10.9 Å². The number of pyridine rings is 1. The van der Waals surface area contributed by atoms with Crippen LogP contribution in [0.15, 0.2) is 24.3 Å². The molecule has 0 spiro atoms. The van der Waals surface area contributed by atoms with Crippen LogP contribution in [-0.2, 0) is 6.18 Å². The molecule has 1 aromatic carbocycles. The molecule has 2 aromatic rings. The molecular formula is C14H11F3N2O2. The van der Waals surface area contributed by atoms with Crippen LogP contribution >= 0.6 is 0 Å². The second-order valence-corrected chi connectivity index (χ2v) is 5.01. The molecule has 0 bridgehead atoms. The van der Waals surface area contributed by atoms with Gasteiger partial charge in [-0.25, -0.2) is 9.78 Å². The summed E-state index contributed by atoms with van der Waals surface area (Å²) >= 11 is 0. The lowest BCUT2D eigenvalue weighted by atomic mass is 10.1. The molecule has 1 saturated carbocycles. The van der Waals surface area contributed by atoms with Gasteiger partial charge in [-0.15, -0.1) is 0 Å². The molecule has 1 aliphatic carbocycles. The van der Waals surface area contributed by atoms with Crippen molar-refractivity contribution in [1.29, 1.82) is 0 Å². The Hall–Kier alpha value is -2.31. The van der Waals surface area contributed by atoms with E-state index < -0.39 is 17.7 Å². The van der Waals surface area contributed by atoms with Crippen molar-refractivity contribution in [3.05, 3.63) is 35.4 Å². The van der Waals surface area contributed by atoms with Gasteiger partial charge in [0.15, 0.2) is 0 Å². The van der Waals surface area contributed by atoms with E-state index in [1.165, 1.54) is 12.1 Å². The molecule has 4 nitrogen and oxygen atoms in total. The van der Waals surface area contributed by atoms with Gasteiger partial charge in [-0.2, -0.15) is 13.2 Å². The lowest BCUT2D eigenvalue weighted by Crippen LogP contribution is -2.10. The number of carboxylic acid groups (broad SMARTS) is 1. The molecule has 7 heteroatoms. The number of alkyl halides is 3. The highest BCUT2D eigenvalue weighted by molar-refractivity contribution is 5.98. The van der Waals surface area contributed by atoms with E-state index in [0.717, 1.165) is 25.0 Å². The molecule has 21 heavy (non-hydrogen) atoms. The Balaban J connectivity index is 2.13. The standard InChI is InChI=1S/C14H11F3N2O2/c15-14(16,17)8-2-1-7-5-10(13(20)21)12(18-9-3-4-9)19-11(7)6-8/h1-2,5-6,9H,3-4H2,(H,18,19)(H,20,21). The van der Waals surface area contributed by atoms with Gasteiger partial charge in [-0.3, -0.25) is 0 Å². The van der Waals surface area contributed by atoms with Crippen molar-refractivity contribution in [3.8, 4) is 0 Å². The highest BCUT2D eigenvalue weighted by Gasteiger charge is 2.31. The fourth-order valence-electron chi connectivity index (χ4n) is 2.04. The third kappa shape index (κ3) is 2.76. The Morgan fingerprint density at radius 2 is 2.00 bits per heavy atom. The van der Waals surface area contributed by atoms with E-state index in [-0.39, 0.29) is 22.9 Å². The lowest BCUT2D eigenvalue weighted by Gasteiger charge is -2.11. The van der Waals surface area contributed by atoms with Crippen LogP contribution in [0.2, 0.25) is 0 Å².